The predicted octanol–water partition coefficient (Wildman–Crippen LogP) is 3.30. The van der Waals surface area contributed by atoms with Crippen LogP contribution in [0, 0.1) is 11.8 Å². The number of Topliss-reactive ketones (excluding diaryl/α,β-unsaturated/α-hetero) is 1. The molecule has 94 valence electrons. The molecular formula is C14H21NOS. The second kappa shape index (κ2) is 5.32. The van der Waals surface area contributed by atoms with Crippen LogP contribution in [0.25, 0.3) is 0 Å². The first-order valence-corrected chi connectivity index (χ1v) is 7.26. The highest BCUT2D eigenvalue weighted by molar-refractivity contribution is 7.12. The lowest BCUT2D eigenvalue weighted by atomic mass is 9.86. The number of thiophene rings is 1. The van der Waals surface area contributed by atoms with E-state index in [0.29, 0.717) is 24.4 Å². The summed E-state index contributed by atoms with van der Waals surface area (Å²) in [6, 6.07) is 4.40. The van der Waals surface area contributed by atoms with E-state index in [9.17, 15) is 4.79 Å². The van der Waals surface area contributed by atoms with Gasteiger partial charge in [0.1, 0.15) is 0 Å². The van der Waals surface area contributed by atoms with Crippen molar-refractivity contribution in [2.45, 2.75) is 33.2 Å². The van der Waals surface area contributed by atoms with Crippen molar-refractivity contribution in [3.05, 3.63) is 22.4 Å². The number of hydrogen-bond donors (Lipinski definition) is 0. The van der Waals surface area contributed by atoms with Gasteiger partial charge in [0, 0.05) is 12.6 Å². The van der Waals surface area contributed by atoms with E-state index in [1.54, 1.807) is 11.3 Å². The van der Waals surface area contributed by atoms with Gasteiger partial charge in [-0.05, 0) is 36.6 Å². The van der Waals surface area contributed by atoms with Crippen LogP contribution in [-0.2, 0) is 0 Å². The second-order valence-electron chi connectivity index (χ2n) is 5.39. The van der Waals surface area contributed by atoms with Gasteiger partial charge in [0.05, 0.1) is 11.4 Å². The van der Waals surface area contributed by atoms with Gasteiger partial charge in [-0.1, -0.05) is 19.9 Å². The van der Waals surface area contributed by atoms with E-state index < -0.39 is 0 Å². The molecule has 3 unspecified atom stereocenters. The van der Waals surface area contributed by atoms with Crippen molar-refractivity contribution in [1.82, 2.24) is 4.90 Å². The molecule has 1 aliphatic rings. The van der Waals surface area contributed by atoms with Crippen LogP contribution in [0.1, 0.15) is 36.9 Å². The molecule has 0 amide bonds. The fourth-order valence-electron chi connectivity index (χ4n) is 2.74. The summed E-state index contributed by atoms with van der Waals surface area (Å²) in [6.45, 7) is 8.46. The van der Waals surface area contributed by atoms with Gasteiger partial charge in [-0.15, -0.1) is 11.3 Å². The number of carbonyl (C=O) groups is 1. The third-order valence-electron chi connectivity index (χ3n) is 3.86. The number of likely N-dealkylation sites (tertiary alicyclic amines) is 1. The topological polar surface area (TPSA) is 20.3 Å². The maximum atomic E-state index is 12.1. The Morgan fingerprint density at radius 2 is 2.24 bits per heavy atom. The Kier molecular flexibility index (Phi) is 4.00. The minimum Gasteiger partial charge on any atom is -0.293 e. The number of carbonyl (C=O) groups excluding carboxylic acids is 1. The van der Waals surface area contributed by atoms with Crippen LogP contribution in [0.4, 0.5) is 0 Å². The fraction of sp³-hybridized carbons (Fsp3) is 0.643. The summed E-state index contributed by atoms with van der Waals surface area (Å²) < 4.78 is 0. The van der Waals surface area contributed by atoms with Crippen LogP contribution in [0.2, 0.25) is 0 Å². The van der Waals surface area contributed by atoms with Gasteiger partial charge in [-0.25, -0.2) is 0 Å². The fourth-order valence-corrected chi connectivity index (χ4v) is 3.40. The molecule has 3 atom stereocenters. The zero-order chi connectivity index (χ0) is 12.4. The molecule has 2 nitrogen and oxygen atoms in total. The van der Waals surface area contributed by atoms with Gasteiger partial charge in [0.15, 0.2) is 5.78 Å². The number of nitrogens with zero attached hydrogens (tertiary/aromatic N) is 1. The normalized spacial score (nSPS) is 30.4. The summed E-state index contributed by atoms with van der Waals surface area (Å²) in [4.78, 5) is 15.3. The minimum atomic E-state index is 0.271. The summed E-state index contributed by atoms with van der Waals surface area (Å²) in [6.07, 6.45) is 1.28. The highest BCUT2D eigenvalue weighted by atomic mass is 32.1. The summed E-state index contributed by atoms with van der Waals surface area (Å²) in [5.41, 5.74) is 0. The molecule has 1 saturated heterocycles. The lowest BCUT2D eigenvalue weighted by molar-refractivity contribution is 0.0652. The zero-order valence-corrected chi connectivity index (χ0v) is 11.7. The second-order valence-corrected chi connectivity index (χ2v) is 6.34. The summed E-state index contributed by atoms with van der Waals surface area (Å²) in [5.74, 6) is 1.67. The first-order valence-electron chi connectivity index (χ1n) is 6.38. The number of hydrogen-bond acceptors (Lipinski definition) is 3. The molecule has 0 spiro atoms. The monoisotopic (exact) mass is 251 g/mol. The summed E-state index contributed by atoms with van der Waals surface area (Å²) in [5, 5.41) is 1.97. The third kappa shape index (κ3) is 2.96. The van der Waals surface area contributed by atoms with Crippen molar-refractivity contribution in [3.8, 4) is 0 Å². The Hall–Kier alpha value is -0.670. The Balaban J connectivity index is 2.00. The van der Waals surface area contributed by atoms with E-state index >= 15 is 0 Å². The smallest absolute Gasteiger partial charge is 0.186 e. The van der Waals surface area contributed by atoms with Crippen molar-refractivity contribution in [2.24, 2.45) is 11.8 Å². The van der Waals surface area contributed by atoms with Gasteiger partial charge < -0.3 is 0 Å². The average molecular weight is 251 g/mol. The molecule has 0 saturated carbocycles. The molecule has 0 aliphatic carbocycles. The standard InChI is InChI=1S/C14H21NOS/c1-10-7-11(2)12(3)15(8-10)9-13(16)14-5-4-6-17-14/h4-6,10-12H,7-9H2,1-3H3. The van der Waals surface area contributed by atoms with Crippen molar-refractivity contribution in [2.75, 3.05) is 13.1 Å². The molecule has 1 aromatic rings. The highest BCUT2D eigenvalue weighted by Crippen LogP contribution is 2.27. The molecule has 1 aromatic heterocycles. The van der Waals surface area contributed by atoms with Crippen molar-refractivity contribution in [3.63, 3.8) is 0 Å². The highest BCUT2D eigenvalue weighted by Gasteiger charge is 2.30. The van der Waals surface area contributed by atoms with Gasteiger partial charge in [0.2, 0.25) is 0 Å². The molecule has 0 aromatic carbocycles. The summed E-state index contributed by atoms with van der Waals surface area (Å²) in [7, 11) is 0. The van der Waals surface area contributed by atoms with E-state index in [2.05, 4.69) is 25.7 Å². The van der Waals surface area contributed by atoms with Crippen LogP contribution in [0.15, 0.2) is 17.5 Å². The molecule has 17 heavy (non-hydrogen) atoms. The van der Waals surface area contributed by atoms with Crippen LogP contribution < -0.4 is 0 Å². The molecule has 0 radical (unpaired) electrons. The molecule has 2 rings (SSSR count). The lowest BCUT2D eigenvalue weighted by Crippen LogP contribution is -2.47. The maximum Gasteiger partial charge on any atom is 0.186 e. The quantitative estimate of drug-likeness (QED) is 0.768. The maximum absolute atomic E-state index is 12.1. The molecule has 0 N–H and O–H groups in total. The van der Waals surface area contributed by atoms with Gasteiger partial charge in [-0.2, -0.15) is 0 Å². The Bertz CT molecular complexity index is 374. The van der Waals surface area contributed by atoms with Crippen LogP contribution in [0.3, 0.4) is 0 Å². The Labute approximate surface area is 108 Å². The van der Waals surface area contributed by atoms with Gasteiger partial charge >= 0.3 is 0 Å². The van der Waals surface area contributed by atoms with E-state index in [1.807, 2.05) is 17.5 Å². The van der Waals surface area contributed by atoms with E-state index in [0.717, 1.165) is 11.4 Å². The number of ketones is 1. The first kappa shape index (κ1) is 12.8. The minimum absolute atomic E-state index is 0.271. The molecule has 3 heteroatoms. The van der Waals surface area contributed by atoms with Crippen molar-refractivity contribution < 1.29 is 4.79 Å². The van der Waals surface area contributed by atoms with Crippen LogP contribution >= 0.6 is 11.3 Å². The SMILES string of the molecule is CC1CC(C)C(C)N(CC(=O)c2cccs2)C1. The number of rotatable bonds is 3. The van der Waals surface area contributed by atoms with E-state index in [4.69, 9.17) is 0 Å². The first-order chi connectivity index (χ1) is 8.08. The lowest BCUT2D eigenvalue weighted by Gasteiger charge is -2.40. The zero-order valence-electron chi connectivity index (χ0n) is 10.8. The van der Waals surface area contributed by atoms with Crippen molar-refractivity contribution in [1.29, 1.82) is 0 Å². The number of piperidine rings is 1. The summed E-state index contributed by atoms with van der Waals surface area (Å²) >= 11 is 1.55. The Morgan fingerprint density at radius 3 is 2.88 bits per heavy atom. The van der Waals surface area contributed by atoms with Crippen molar-refractivity contribution >= 4 is 17.1 Å². The van der Waals surface area contributed by atoms with Crippen LogP contribution in [-0.4, -0.2) is 29.8 Å². The van der Waals surface area contributed by atoms with Gasteiger partial charge in [-0.3, -0.25) is 9.69 Å². The molecule has 1 fully saturated rings. The average Bonchev–Trinajstić information content (AvgIpc) is 2.78. The predicted molar refractivity (Wildman–Crippen MR) is 72.6 cm³/mol. The Morgan fingerprint density at radius 1 is 1.47 bits per heavy atom. The largest absolute Gasteiger partial charge is 0.293 e. The van der Waals surface area contributed by atoms with Crippen LogP contribution in [0.5, 0.6) is 0 Å². The van der Waals surface area contributed by atoms with E-state index in [-0.39, 0.29) is 5.78 Å². The van der Waals surface area contributed by atoms with E-state index in [1.165, 1.54) is 6.42 Å². The molecular weight excluding hydrogens is 230 g/mol. The van der Waals surface area contributed by atoms with Gasteiger partial charge in [0.25, 0.3) is 0 Å². The molecule has 2 heterocycles. The molecule has 0 bridgehead atoms. The molecule has 1 aliphatic heterocycles. The third-order valence-corrected chi connectivity index (χ3v) is 4.77.